The van der Waals surface area contributed by atoms with Crippen LogP contribution in [0.2, 0.25) is 0 Å². The van der Waals surface area contributed by atoms with E-state index < -0.39 is 0 Å². The molecule has 0 amide bonds. The molecule has 0 aliphatic heterocycles. The van der Waals surface area contributed by atoms with Crippen LogP contribution in [-0.4, -0.2) is 16.8 Å². The quantitative estimate of drug-likeness (QED) is 0.183. The third-order valence-electron chi connectivity index (χ3n) is 5.49. The fourth-order valence-electron chi connectivity index (χ4n) is 3.68. The molecule has 1 heterocycles. The van der Waals surface area contributed by atoms with E-state index in [1.165, 1.54) is 0 Å². The maximum absolute atomic E-state index is 12.7. The number of rotatable bonds is 16. The first-order valence-corrected chi connectivity index (χ1v) is 12.7. The predicted octanol–water partition coefficient (Wildman–Crippen LogP) is 8.50. The van der Waals surface area contributed by atoms with Crippen molar-refractivity contribution in [3.05, 3.63) is 109 Å². The highest BCUT2D eigenvalue weighted by Gasteiger charge is 2.12. The van der Waals surface area contributed by atoms with Crippen molar-refractivity contribution < 1.29 is 9.59 Å². The van der Waals surface area contributed by atoms with E-state index in [4.69, 9.17) is 0 Å². The Morgan fingerprint density at radius 1 is 0.743 bits per heavy atom. The van der Waals surface area contributed by atoms with Gasteiger partial charge in [-0.25, -0.2) is 0 Å². The van der Waals surface area contributed by atoms with E-state index in [1.807, 2.05) is 30.5 Å². The number of benzene rings is 1. The summed E-state index contributed by atoms with van der Waals surface area (Å²) in [6.45, 7) is 2.15. The van der Waals surface area contributed by atoms with Gasteiger partial charge < -0.3 is 4.79 Å². The molecular weight excluding hydrogens is 430 g/mol. The molecule has 0 N–H and O–H groups in total. The molecule has 0 saturated heterocycles. The van der Waals surface area contributed by atoms with Crippen molar-refractivity contribution in [2.45, 2.75) is 64.7 Å². The third-order valence-corrected chi connectivity index (χ3v) is 5.49. The molecule has 1 aromatic carbocycles. The van der Waals surface area contributed by atoms with Gasteiger partial charge in [0.25, 0.3) is 0 Å². The molecule has 0 aliphatic rings. The number of allylic oxidation sites excluding steroid dienone is 12. The molecule has 0 unspecified atom stereocenters. The minimum absolute atomic E-state index is 0.0536. The van der Waals surface area contributed by atoms with Gasteiger partial charge in [0.15, 0.2) is 0 Å². The van der Waals surface area contributed by atoms with E-state index in [2.05, 4.69) is 79.8 Å². The second-order valence-corrected chi connectivity index (χ2v) is 8.26. The Balaban J connectivity index is 1.59. The van der Waals surface area contributed by atoms with Crippen molar-refractivity contribution in [1.29, 1.82) is 0 Å². The SMILES string of the molecule is CC/C=C/C/C=C/C/C=C/C/C=C/C/C=C/C/C=C/CCC(=O)n1cc(CC=O)c2ccccc21. The summed E-state index contributed by atoms with van der Waals surface area (Å²) in [5, 5.41) is 0.974. The van der Waals surface area contributed by atoms with Gasteiger partial charge in [0.2, 0.25) is 5.91 Å². The van der Waals surface area contributed by atoms with Crippen molar-refractivity contribution in [3.63, 3.8) is 0 Å². The molecule has 3 nitrogen and oxygen atoms in total. The minimum atomic E-state index is 0.0536. The summed E-state index contributed by atoms with van der Waals surface area (Å²) in [7, 11) is 0. The molecule has 2 aromatic rings. The van der Waals surface area contributed by atoms with Crippen LogP contribution in [0, 0.1) is 0 Å². The molecule has 1 aromatic heterocycles. The molecule has 2 rings (SSSR count). The highest BCUT2D eigenvalue weighted by Crippen LogP contribution is 2.22. The van der Waals surface area contributed by atoms with E-state index in [1.54, 1.807) is 4.57 Å². The van der Waals surface area contributed by atoms with Gasteiger partial charge in [-0.1, -0.05) is 98.0 Å². The Kier molecular flexibility index (Phi) is 14.2. The van der Waals surface area contributed by atoms with Crippen molar-refractivity contribution >= 4 is 23.1 Å². The van der Waals surface area contributed by atoms with Gasteiger partial charge in [0, 0.05) is 24.4 Å². The molecule has 0 saturated carbocycles. The Labute approximate surface area is 210 Å². The molecule has 0 radical (unpaired) electrons. The first-order valence-electron chi connectivity index (χ1n) is 12.7. The number of carbonyl (C=O) groups is 2. The third kappa shape index (κ3) is 11.0. The average molecular weight is 470 g/mol. The Morgan fingerprint density at radius 2 is 1.26 bits per heavy atom. The fourth-order valence-corrected chi connectivity index (χ4v) is 3.68. The Morgan fingerprint density at radius 3 is 1.80 bits per heavy atom. The number of aromatic nitrogens is 1. The lowest BCUT2D eigenvalue weighted by Gasteiger charge is -2.02. The van der Waals surface area contributed by atoms with Gasteiger partial charge in [-0.05, 0) is 56.6 Å². The number of fused-ring (bicyclic) bond motifs is 1. The highest BCUT2D eigenvalue weighted by molar-refractivity contribution is 5.95. The number of carbonyl (C=O) groups excluding carboxylic acids is 2. The summed E-state index contributed by atoms with van der Waals surface area (Å²) in [4.78, 5) is 23.6. The summed E-state index contributed by atoms with van der Waals surface area (Å²) >= 11 is 0. The summed E-state index contributed by atoms with van der Waals surface area (Å²) < 4.78 is 1.69. The predicted molar refractivity (Wildman–Crippen MR) is 150 cm³/mol. The lowest BCUT2D eigenvalue weighted by Crippen LogP contribution is -2.08. The standard InChI is InChI=1S/C32H39NO2/c1-2-3-4-5-6-7-8-9-10-11-12-13-14-15-16-17-18-19-20-25-32(35)33-28-29(26-27-34)30-23-21-22-24-31(30)33/h3-4,6-7,9-10,12-13,15-16,18-19,21-24,27-28H,2,5,8,11,14,17,20,25-26H2,1H3/b4-3+,7-6+,10-9+,13-12+,16-15+,19-18+. The van der Waals surface area contributed by atoms with Crippen molar-refractivity contribution in [3.8, 4) is 0 Å². The van der Waals surface area contributed by atoms with E-state index in [-0.39, 0.29) is 5.91 Å². The topological polar surface area (TPSA) is 39.1 Å². The highest BCUT2D eigenvalue weighted by atomic mass is 16.2. The lowest BCUT2D eigenvalue weighted by molar-refractivity contribution is -0.107. The maximum atomic E-state index is 12.7. The van der Waals surface area contributed by atoms with Crippen LogP contribution in [0.3, 0.4) is 0 Å². The van der Waals surface area contributed by atoms with Crippen LogP contribution < -0.4 is 0 Å². The van der Waals surface area contributed by atoms with Gasteiger partial charge in [-0.15, -0.1) is 0 Å². The lowest BCUT2D eigenvalue weighted by atomic mass is 10.1. The van der Waals surface area contributed by atoms with E-state index in [9.17, 15) is 9.59 Å². The van der Waals surface area contributed by atoms with Crippen LogP contribution in [0.5, 0.6) is 0 Å². The number of hydrogen-bond acceptors (Lipinski definition) is 2. The van der Waals surface area contributed by atoms with Crippen LogP contribution in [-0.2, 0) is 11.2 Å². The zero-order valence-electron chi connectivity index (χ0n) is 21.0. The largest absolute Gasteiger partial charge is 0.303 e. The van der Waals surface area contributed by atoms with Crippen molar-refractivity contribution in [2.24, 2.45) is 0 Å². The summed E-state index contributed by atoms with van der Waals surface area (Å²) in [6, 6.07) is 7.74. The van der Waals surface area contributed by atoms with Crippen LogP contribution in [0.25, 0.3) is 10.9 Å². The maximum Gasteiger partial charge on any atom is 0.231 e. The van der Waals surface area contributed by atoms with E-state index in [0.717, 1.165) is 61.3 Å². The van der Waals surface area contributed by atoms with Crippen molar-refractivity contribution in [2.75, 3.05) is 0 Å². The molecular formula is C32H39NO2. The average Bonchev–Trinajstić information content (AvgIpc) is 3.24. The molecule has 184 valence electrons. The van der Waals surface area contributed by atoms with Crippen molar-refractivity contribution in [1.82, 2.24) is 4.57 Å². The normalized spacial score (nSPS) is 12.7. The van der Waals surface area contributed by atoms with Gasteiger partial charge >= 0.3 is 0 Å². The number of hydrogen-bond donors (Lipinski definition) is 0. The first-order chi connectivity index (χ1) is 17.3. The van der Waals surface area contributed by atoms with Gasteiger partial charge in [-0.2, -0.15) is 0 Å². The van der Waals surface area contributed by atoms with Gasteiger partial charge in [0.1, 0.15) is 6.29 Å². The number of nitrogens with zero attached hydrogens (tertiary/aromatic N) is 1. The second-order valence-electron chi connectivity index (χ2n) is 8.26. The Hall–Kier alpha value is -3.46. The summed E-state index contributed by atoms with van der Waals surface area (Å²) in [5.41, 5.74) is 1.77. The van der Waals surface area contributed by atoms with E-state index in [0.29, 0.717) is 19.3 Å². The molecule has 0 aliphatic carbocycles. The first kappa shape index (κ1) is 27.8. The van der Waals surface area contributed by atoms with Crippen LogP contribution >= 0.6 is 0 Å². The van der Waals surface area contributed by atoms with Gasteiger partial charge in [-0.3, -0.25) is 9.36 Å². The second kappa shape index (κ2) is 17.9. The smallest absolute Gasteiger partial charge is 0.231 e. The van der Waals surface area contributed by atoms with Crippen LogP contribution in [0.1, 0.15) is 68.6 Å². The number of para-hydroxylation sites is 1. The fraction of sp³-hybridized carbons (Fsp3) is 0.312. The monoisotopic (exact) mass is 469 g/mol. The van der Waals surface area contributed by atoms with Crippen LogP contribution in [0.15, 0.2) is 103 Å². The molecule has 0 spiro atoms. The molecule has 0 atom stereocenters. The molecule has 0 fully saturated rings. The zero-order valence-corrected chi connectivity index (χ0v) is 21.0. The molecule has 0 bridgehead atoms. The summed E-state index contributed by atoms with van der Waals surface area (Å²) in [5.74, 6) is 0.0536. The van der Waals surface area contributed by atoms with E-state index >= 15 is 0 Å². The number of aldehydes is 1. The van der Waals surface area contributed by atoms with Crippen LogP contribution in [0.4, 0.5) is 0 Å². The molecule has 35 heavy (non-hydrogen) atoms. The Bertz CT molecular complexity index is 1080. The zero-order chi connectivity index (χ0) is 25.0. The summed E-state index contributed by atoms with van der Waals surface area (Å²) in [6.07, 6.45) is 36.2. The minimum Gasteiger partial charge on any atom is -0.303 e. The van der Waals surface area contributed by atoms with Gasteiger partial charge in [0.05, 0.1) is 5.52 Å². The molecule has 3 heteroatoms.